The van der Waals surface area contributed by atoms with Crippen LogP contribution in [0.5, 0.6) is 5.75 Å². The number of nitrogens with zero attached hydrogens (tertiary/aromatic N) is 2. The molecule has 28 heavy (non-hydrogen) atoms. The molecule has 146 valence electrons. The van der Waals surface area contributed by atoms with Gasteiger partial charge in [-0.1, -0.05) is 12.2 Å². The molecular weight excluding hydrogens is 363 g/mol. The number of benzene rings is 1. The summed E-state index contributed by atoms with van der Waals surface area (Å²) in [4.78, 5) is 13.9. The van der Waals surface area contributed by atoms with E-state index in [4.69, 9.17) is 14.2 Å². The molecule has 0 saturated carbocycles. The Morgan fingerprint density at radius 1 is 1.43 bits per heavy atom. The van der Waals surface area contributed by atoms with Gasteiger partial charge in [0.1, 0.15) is 17.1 Å². The topological polar surface area (TPSA) is 71.8 Å². The van der Waals surface area contributed by atoms with Crippen LogP contribution in [0.3, 0.4) is 0 Å². The summed E-state index contributed by atoms with van der Waals surface area (Å²) in [5.74, 6) is -0.610. The highest BCUT2D eigenvalue weighted by atomic mass is 19.1. The Morgan fingerprint density at radius 3 is 2.89 bits per heavy atom. The number of hydrogen-bond acceptors (Lipinski definition) is 6. The summed E-state index contributed by atoms with van der Waals surface area (Å²) in [6, 6.07) is 6.34. The van der Waals surface area contributed by atoms with E-state index in [0.29, 0.717) is 11.3 Å². The van der Waals surface area contributed by atoms with Crippen LogP contribution in [-0.4, -0.2) is 32.5 Å². The second kappa shape index (κ2) is 7.87. The maximum atomic E-state index is 14.7. The fourth-order valence-corrected chi connectivity index (χ4v) is 3.48. The number of hydrogen-bond donors (Lipinski definition) is 0. The first-order valence-corrected chi connectivity index (χ1v) is 8.84. The Bertz CT molecular complexity index is 915. The molecule has 0 spiro atoms. The Kier molecular flexibility index (Phi) is 5.52. The van der Waals surface area contributed by atoms with Gasteiger partial charge in [0.05, 0.1) is 24.3 Å². The summed E-state index contributed by atoms with van der Waals surface area (Å²) < 4.78 is 30.3. The lowest BCUT2D eigenvalue weighted by Gasteiger charge is -2.36. The fourth-order valence-electron chi connectivity index (χ4n) is 3.48. The first-order valence-electron chi connectivity index (χ1n) is 8.84. The Labute approximate surface area is 163 Å². The van der Waals surface area contributed by atoms with Crippen LogP contribution in [-0.2, 0) is 9.47 Å². The molecule has 0 amide bonds. The SMILES string of the molecule is CCOC(=O)c1ccc(N2C=C(C#N)C3(C)C=CC=C(F)C23)cc1OCOC. The first kappa shape index (κ1) is 19.6. The van der Waals surface area contributed by atoms with E-state index in [2.05, 4.69) is 6.07 Å². The summed E-state index contributed by atoms with van der Waals surface area (Å²) >= 11 is 0. The number of rotatable bonds is 6. The molecule has 2 unspecified atom stereocenters. The van der Waals surface area contributed by atoms with Crippen LogP contribution in [0.15, 0.2) is 54.0 Å². The van der Waals surface area contributed by atoms with Crippen LogP contribution < -0.4 is 9.64 Å². The van der Waals surface area contributed by atoms with Crippen molar-refractivity contribution in [1.82, 2.24) is 0 Å². The summed E-state index contributed by atoms with van der Waals surface area (Å²) in [7, 11) is 1.47. The highest BCUT2D eigenvalue weighted by Crippen LogP contribution is 2.48. The molecule has 0 bridgehead atoms. The Morgan fingerprint density at radius 2 is 2.21 bits per heavy atom. The molecule has 0 N–H and O–H groups in total. The van der Waals surface area contributed by atoms with Gasteiger partial charge in [-0.2, -0.15) is 5.26 Å². The van der Waals surface area contributed by atoms with E-state index in [1.54, 1.807) is 42.3 Å². The van der Waals surface area contributed by atoms with E-state index in [1.165, 1.54) is 13.2 Å². The van der Waals surface area contributed by atoms with Crippen LogP contribution >= 0.6 is 0 Å². The second-order valence-electron chi connectivity index (χ2n) is 6.61. The van der Waals surface area contributed by atoms with Crippen molar-refractivity contribution in [2.75, 3.05) is 25.4 Å². The number of halogens is 1. The predicted octanol–water partition coefficient (Wildman–Crippen LogP) is 3.87. The Hall–Kier alpha value is -3.11. The van der Waals surface area contributed by atoms with Crippen molar-refractivity contribution in [3.8, 4) is 11.8 Å². The van der Waals surface area contributed by atoms with E-state index in [9.17, 15) is 14.4 Å². The van der Waals surface area contributed by atoms with Crippen LogP contribution in [0.2, 0.25) is 0 Å². The van der Waals surface area contributed by atoms with Crippen molar-refractivity contribution in [2.45, 2.75) is 19.9 Å². The molecule has 6 nitrogen and oxygen atoms in total. The summed E-state index contributed by atoms with van der Waals surface area (Å²) in [6.45, 7) is 3.71. The van der Waals surface area contributed by atoms with Gasteiger partial charge < -0.3 is 19.1 Å². The third-order valence-corrected chi connectivity index (χ3v) is 4.87. The Balaban J connectivity index is 2.04. The minimum atomic E-state index is -0.777. The average Bonchev–Trinajstić information content (AvgIpc) is 2.99. The fraction of sp³-hybridized carbons (Fsp3) is 0.333. The monoisotopic (exact) mass is 384 g/mol. The smallest absolute Gasteiger partial charge is 0.341 e. The van der Waals surface area contributed by atoms with Crippen LogP contribution in [0, 0.1) is 16.7 Å². The molecule has 0 saturated heterocycles. The quantitative estimate of drug-likeness (QED) is 0.548. The number of carbonyl (C=O) groups is 1. The molecule has 7 heteroatoms. The summed E-state index contributed by atoms with van der Waals surface area (Å²) in [6.07, 6.45) is 6.47. The molecule has 1 aromatic carbocycles. The number of methoxy groups -OCH3 is 1. The molecule has 1 aromatic rings. The van der Waals surface area contributed by atoms with Gasteiger partial charge in [0.2, 0.25) is 0 Å². The van der Waals surface area contributed by atoms with Gasteiger partial charge in [0.15, 0.2) is 6.79 Å². The number of fused-ring (bicyclic) bond motifs is 1. The highest BCUT2D eigenvalue weighted by Gasteiger charge is 2.48. The number of esters is 1. The van der Waals surface area contributed by atoms with Crippen molar-refractivity contribution < 1.29 is 23.4 Å². The molecule has 1 heterocycles. The van der Waals surface area contributed by atoms with Gasteiger partial charge in [-0.25, -0.2) is 9.18 Å². The molecular formula is C21H21FN2O4. The van der Waals surface area contributed by atoms with Gasteiger partial charge >= 0.3 is 5.97 Å². The van der Waals surface area contributed by atoms with Crippen LogP contribution in [0.4, 0.5) is 10.1 Å². The zero-order valence-electron chi connectivity index (χ0n) is 15.9. The zero-order chi connectivity index (χ0) is 20.3. The normalized spacial score (nSPS) is 22.8. The standard InChI is InChI=1S/C21H21FN2O4/c1-4-27-20(25)16-8-7-15(10-18(16)28-13-26-3)24-12-14(11-23)21(2)9-5-6-17(22)19(21)24/h5-10,12,19H,4,13H2,1-3H3. The molecule has 1 aliphatic carbocycles. The van der Waals surface area contributed by atoms with Gasteiger partial charge in [0.25, 0.3) is 0 Å². The van der Waals surface area contributed by atoms with Crippen molar-refractivity contribution in [1.29, 1.82) is 5.26 Å². The van der Waals surface area contributed by atoms with Gasteiger partial charge in [-0.3, -0.25) is 0 Å². The third-order valence-electron chi connectivity index (χ3n) is 4.87. The lowest BCUT2D eigenvalue weighted by atomic mass is 9.75. The van der Waals surface area contributed by atoms with Crippen molar-refractivity contribution in [3.63, 3.8) is 0 Å². The predicted molar refractivity (Wildman–Crippen MR) is 101 cm³/mol. The average molecular weight is 384 g/mol. The number of nitriles is 1. The molecule has 0 radical (unpaired) electrons. The number of ether oxygens (including phenoxy) is 3. The summed E-state index contributed by atoms with van der Waals surface area (Å²) in [5.41, 5.74) is 0.500. The van der Waals surface area contributed by atoms with E-state index >= 15 is 0 Å². The van der Waals surface area contributed by atoms with Gasteiger partial charge in [-0.15, -0.1) is 0 Å². The zero-order valence-corrected chi connectivity index (χ0v) is 15.9. The molecule has 2 aliphatic rings. The van der Waals surface area contributed by atoms with E-state index < -0.39 is 17.4 Å². The lowest BCUT2D eigenvalue weighted by Crippen LogP contribution is -2.40. The minimum Gasteiger partial charge on any atom is -0.467 e. The van der Waals surface area contributed by atoms with Crippen molar-refractivity contribution in [2.24, 2.45) is 5.41 Å². The van der Waals surface area contributed by atoms with E-state index in [1.807, 2.05) is 13.0 Å². The first-order chi connectivity index (χ1) is 13.5. The number of carbonyl (C=O) groups excluding carboxylic acids is 1. The second-order valence-corrected chi connectivity index (χ2v) is 6.61. The van der Waals surface area contributed by atoms with Crippen molar-refractivity contribution >= 4 is 11.7 Å². The van der Waals surface area contributed by atoms with Gasteiger partial charge in [0, 0.05) is 30.5 Å². The third kappa shape index (κ3) is 3.27. The molecule has 0 aromatic heterocycles. The number of anilines is 1. The molecule has 0 fully saturated rings. The highest BCUT2D eigenvalue weighted by molar-refractivity contribution is 5.93. The maximum absolute atomic E-state index is 14.7. The van der Waals surface area contributed by atoms with Gasteiger partial charge in [-0.05, 0) is 32.1 Å². The molecule has 1 aliphatic heterocycles. The van der Waals surface area contributed by atoms with Crippen LogP contribution in [0.1, 0.15) is 24.2 Å². The minimum absolute atomic E-state index is 0.0622. The molecule has 3 rings (SSSR count). The number of allylic oxidation sites excluding steroid dienone is 2. The van der Waals surface area contributed by atoms with Crippen LogP contribution in [0.25, 0.3) is 0 Å². The lowest BCUT2D eigenvalue weighted by molar-refractivity contribution is 0.0438. The van der Waals surface area contributed by atoms with E-state index in [0.717, 1.165) is 0 Å². The van der Waals surface area contributed by atoms with Crippen molar-refractivity contribution in [3.05, 3.63) is 59.6 Å². The largest absolute Gasteiger partial charge is 0.467 e. The maximum Gasteiger partial charge on any atom is 0.341 e. The molecule has 2 atom stereocenters. The summed E-state index contributed by atoms with van der Waals surface area (Å²) in [5, 5.41) is 9.54. The van der Waals surface area contributed by atoms with E-state index in [-0.39, 0.29) is 30.5 Å².